The van der Waals surface area contributed by atoms with E-state index in [0.717, 1.165) is 0 Å². The van der Waals surface area contributed by atoms with Crippen molar-refractivity contribution in [2.24, 2.45) is 11.5 Å². The summed E-state index contributed by atoms with van der Waals surface area (Å²) < 4.78 is 0. The van der Waals surface area contributed by atoms with Crippen molar-refractivity contribution < 1.29 is 49.8 Å². The van der Waals surface area contributed by atoms with Crippen LogP contribution in [0.3, 0.4) is 0 Å². The fraction of sp³-hybridized carbons (Fsp3) is 0.500. The van der Waals surface area contributed by atoms with Gasteiger partial charge in [-0.1, -0.05) is 30.3 Å². The largest absolute Gasteiger partial charge is 0.481 e. The SMILES string of the molecule is N[C@H](C(=O)O)C(c1ccccc1)C(O)C(=O)[C@H](O)[C@H](O)[C@H](CO)NC(=O)[C@@H](N)CCC(=O)O. The average Bonchev–Trinajstić information content (AvgIpc) is 2.79. The van der Waals surface area contributed by atoms with Crippen LogP contribution in [0.5, 0.6) is 0 Å². The summed E-state index contributed by atoms with van der Waals surface area (Å²) in [5, 5.41) is 60.6. The molecule has 0 fully saturated rings. The Morgan fingerprint density at radius 2 is 1.52 bits per heavy atom. The Morgan fingerprint density at radius 1 is 0.939 bits per heavy atom. The molecule has 0 bridgehead atoms. The Hall–Kier alpha value is -2.94. The minimum absolute atomic E-state index is 0.186. The quantitative estimate of drug-likeness (QED) is 0.128. The molecule has 2 unspecified atom stereocenters. The van der Waals surface area contributed by atoms with Gasteiger partial charge in [-0.05, 0) is 12.0 Å². The summed E-state index contributed by atoms with van der Waals surface area (Å²) in [5.74, 6) is -6.55. The van der Waals surface area contributed by atoms with Crippen molar-refractivity contribution in [3.05, 3.63) is 35.9 Å². The van der Waals surface area contributed by atoms with Gasteiger partial charge < -0.3 is 47.4 Å². The number of ketones is 1. The lowest BCUT2D eigenvalue weighted by Gasteiger charge is -2.30. The molecular weight excluding hydrogens is 442 g/mol. The highest BCUT2D eigenvalue weighted by Gasteiger charge is 2.42. The minimum Gasteiger partial charge on any atom is -0.481 e. The molecule has 0 spiro atoms. The van der Waals surface area contributed by atoms with Gasteiger partial charge in [-0.3, -0.25) is 19.2 Å². The molecule has 0 aliphatic rings. The summed E-state index contributed by atoms with van der Waals surface area (Å²) in [7, 11) is 0. The van der Waals surface area contributed by atoms with Crippen molar-refractivity contribution in [3.63, 3.8) is 0 Å². The van der Waals surface area contributed by atoms with Crippen LogP contribution in [0.1, 0.15) is 24.3 Å². The maximum atomic E-state index is 12.7. The number of hydrogen-bond acceptors (Lipinski definition) is 10. The number of carboxylic acids is 2. The number of Topliss-reactive ketones (excluding diaryl/α,β-unsaturated/α-hetero) is 1. The minimum atomic E-state index is -2.35. The van der Waals surface area contributed by atoms with Gasteiger partial charge in [0.1, 0.15) is 24.4 Å². The van der Waals surface area contributed by atoms with E-state index in [1.165, 1.54) is 24.3 Å². The van der Waals surface area contributed by atoms with E-state index in [1.807, 2.05) is 0 Å². The Labute approximate surface area is 188 Å². The fourth-order valence-corrected chi connectivity index (χ4v) is 3.09. The van der Waals surface area contributed by atoms with Crippen LogP contribution in [0.15, 0.2) is 30.3 Å². The number of rotatable bonds is 14. The zero-order valence-electron chi connectivity index (χ0n) is 17.5. The van der Waals surface area contributed by atoms with Gasteiger partial charge in [-0.15, -0.1) is 0 Å². The predicted molar refractivity (Wildman–Crippen MR) is 112 cm³/mol. The van der Waals surface area contributed by atoms with Crippen LogP contribution in [0.2, 0.25) is 0 Å². The molecule has 1 aromatic carbocycles. The van der Waals surface area contributed by atoms with E-state index in [-0.39, 0.29) is 12.0 Å². The molecule has 0 aromatic heterocycles. The van der Waals surface area contributed by atoms with Gasteiger partial charge >= 0.3 is 11.9 Å². The van der Waals surface area contributed by atoms with E-state index >= 15 is 0 Å². The van der Waals surface area contributed by atoms with Crippen LogP contribution in [0.4, 0.5) is 0 Å². The molecule has 184 valence electrons. The van der Waals surface area contributed by atoms with E-state index in [9.17, 15) is 44.7 Å². The Bertz CT molecular complexity index is 822. The molecule has 13 heteroatoms. The van der Waals surface area contributed by atoms with Crippen LogP contribution in [0, 0.1) is 0 Å². The van der Waals surface area contributed by atoms with Gasteiger partial charge in [0.15, 0.2) is 5.78 Å². The van der Waals surface area contributed by atoms with Crippen LogP contribution >= 0.6 is 0 Å². The first-order valence-electron chi connectivity index (χ1n) is 9.92. The third-order valence-electron chi connectivity index (χ3n) is 5.05. The number of carbonyl (C=O) groups excluding carboxylic acids is 2. The van der Waals surface area contributed by atoms with Gasteiger partial charge in [0.05, 0.1) is 18.7 Å². The summed E-state index contributed by atoms with van der Waals surface area (Å²) in [4.78, 5) is 46.7. The van der Waals surface area contributed by atoms with Crippen molar-refractivity contribution in [2.75, 3.05) is 6.61 Å². The van der Waals surface area contributed by atoms with Crippen molar-refractivity contribution in [3.8, 4) is 0 Å². The zero-order valence-corrected chi connectivity index (χ0v) is 17.5. The molecule has 13 nitrogen and oxygen atoms in total. The molecule has 0 radical (unpaired) electrons. The van der Waals surface area contributed by atoms with Crippen LogP contribution in [-0.2, 0) is 19.2 Å². The number of carbonyl (C=O) groups is 4. The molecule has 11 N–H and O–H groups in total. The van der Waals surface area contributed by atoms with Gasteiger partial charge in [0.25, 0.3) is 0 Å². The molecule has 1 rings (SSSR count). The van der Waals surface area contributed by atoms with Crippen LogP contribution in [-0.4, -0.2) is 97.3 Å². The highest BCUT2D eigenvalue weighted by atomic mass is 16.4. The Morgan fingerprint density at radius 3 is 2.00 bits per heavy atom. The Balaban J connectivity index is 2.98. The molecule has 1 amide bonds. The monoisotopic (exact) mass is 471 g/mol. The highest BCUT2D eigenvalue weighted by molar-refractivity contribution is 5.90. The zero-order chi connectivity index (χ0) is 25.3. The molecule has 0 heterocycles. The maximum absolute atomic E-state index is 12.7. The van der Waals surface area contributed by atoms with E-state index < -0.39 is 79.0 Å². The smallest absolute Gasteiger partial charge is 0.321 e. The van der Waals surface area contributed by atoms with Crippen LogP contribution in [0.25, 0.3) is 0 Å². The summed E-state index contributed by atoms with van der Waals surface area (Å²) >= 11 is 0. The number of benzene rings is 1. The first-order valence-corrected chi connectivity index (χ1v) is 9.92. The highest BCUT2D eigenvalue weighted by Crippen LogP contribution is 2.25. The van der Waals surface area contributed by atoms with Crippen molar-refractivity contribution in [1.29, 1.82) is 0 Å². The number of amides is 1. The number of carboxylic acid groups (broad SMARTS) is 2. The number of nitrogens with two attached hydrogens (primary N) is 2. The molecule has 1 aromatic rings. The average molecular weight is 471 g/mol. The topological polar surface area (TPSA) is 254 Å². The number of aliphatic carboxylic acids is 2. The molecule has 33 heavy (non-hydrogen) atoms. The first kappa shape index (κ1) is 28.1. The standard InChI is InChI=1S/C20H29N3O10/c21-10(6-7-12(25)26)19(31)23-11(8-24)15(27)17(29)18(30)16(28)13(14(22)20(32)33)9-4-2-1-3-5-9/h1-5,10-11,13-17,24,27-29H,6-8,21-22H2,(H,23,31)(H,25,26)(H,32,33)/t10-,11-,13?,14-,15+,16?,17+/m0/s1. The van der Waals surface area contributed by atoms with E-state index in [2.05, 4.69) is 5.32 Å². The summed E-state index contributed by atoms with van der Waals surface area (Å²) in [6.45, 7) is -0.949. The normalized spacial score (nSPS) is 17.6. The van der Waals surface area contributed by atoms with E-state index in [4.69, 9.17) is 16.6 Å². The van der Waals surface area contributed by atoms with E-state index in [0.29, 0.717) is 0 Å². The molecule has 0 aliphatic heterocycles. The van der Waals surface area contributed by atoms with Gasteiger partial charge in [0, 0.05) is 12.3 Å². The molecule has 0 saturated heterocycles. The van der Waals surface area contributed by atoms with E-state index in [1.54, 1.807) is 6.07 Å². The van der Waals surface area contributed by atoms with Crippen molar-refractivity contribution in [2.45, 2.75) is 55.2 Å². The van der Waals surface area contributed by atoms with Crippen molar-refractivity contribution >= 4 is 23.6 Å². The summed E-state index contributed by atoms with van der Waals surface area (Å²) in [6, 6.07) is 2.82. The second-order valence-corrected chi connectivity index (χ2v) is 7.42. The van der Waals surface area contributed by atoms with Crippen molar-refractivity contribution in [1.82, 2.24) is 5.32 Å². The number of nitrogens with one attached hydrogen (secondary N) is 1. The lowest BCUT2D eigenvalue weighted by atomic mass is 9.83. The first-order chi connectivity index (χ1) is 15.4. The molecule has 0 saturated carbocycles. The van der Waals surface area contributed by atoms with Gasteiger partial charge in [-0.2, -0.15) is 0 Å². The predicted octanol–water partition coefficient (Wildman–Crippen LogP) is -3.50. The lowest BCUT2D eigenvalue weighted by molar-refractivity contribution is -0.148. The second kappa shape index (κ2) is 12.9. The third kappa shape index (κ3) is 7.85. The Kier molecular flexibility index (Phi) is 11.0. The molecular formula is C20H29N3O10. The van der Waals surface area contributed by atoms with Crippen LogP contribution < -0.4 is 16.8 Å². The fourth-order valence-electron chi connectivity index (χ4n) is 3.09. The van der Waals surface area contributed by atoms with Gasteiger partial charge in [-0.25, -0.2) is 0 Å². The lowest BCUT2D eigenvalue weighted by Crippen LogP contribution is -2.58. The maximum Gasteiger partial charge on any atom is 0.321 e. The van der Waals surface area contributed by atoms with Gasteiger partial charge in [0.2, 0.25) is 5.91 Å². The molecule has 0 aliphatic carbocycles. The number of aliphatic hydroxyl groups excluding tert-OH is 4. The number of aliphatic hydroxyl groups is 4. The summed E-state index contributed by atoms with van der Waals surface area (Å²) in [6.07, 6.45) is -7.29. The molecule has 7 atom stereocenters. The summed E-state index contributed by atoms with van der Waals surface area (Å²) in [5.41, 5.74) is 11.4. The number of hydrogen-bond donors (Lipinski definition) is 9. The second-order valence-electron chi connectivity index (χ2n) is 7.42. The third-order valence-corrected chi connectivity index (χ3v) is 5.05.